The molecule has 1 aliphatic carbocycles. The van der Waals surface area contributed by atoms with Crippen LogP contribution in [0.25, 0.3) is 0 Å². The van der Waals surface area contributed by atoms with E-state index >= 15 is 0 Å². The van der Waals surface area contributed by atoms with Crippen molar-refractivity contribution in [2.75, 3.05) is 6.61 Å². The SMILES string of the molecule is CCO[Si](C)(C)O[Si](C)(C)O[Si](C)(C)C1C=CC=C1. The van der Waals surface area contributed by atoms with Crippen LogP contribution in [-0.4, -0.2) is 32.0 Å². The van der Waals surface area contributed by atoms with E-state index in [9.17, 15) is 0 Å². The Hall–Kier alpha value is 0.0106. The molecule has 3 nitrogen and oxygen atoms in total. The highest BCUT2D eigenvalue weighted by molar-refractivity contribution is 6.87. The lowest BCUT2D eigenvalue weighted by Gasteiger charge is -2.39. The maximum atomic E-state index is 6.50. The van der Waals surface area contributed by atoms with Crippen LogP contribution < -0.4 is 0 Å². The lowest BCUT2D eigenvalue weighted by atomic mass is 10.5. The van der Waals surface area contributed by atoms with Crippen LogP contribution >= 0.6 is 0 Å². The van der Waals surface area contributed by atoms with Crippen LogP contribution in [0.1, 0.15) is 6.92 Å². The van der Waals surface area contributed by atoms with Gasteiger partial charge in [-0.25, -0.2) is 0 Å². The average Bonchev–Trinajstić information content (AvgIpc) is 2.65. The van der Waals surface area contributed by atoms with E-state index in [0.717, 1.165) is 0 Å². The second-order valence-corrected chi connectivity index (χ2v) is 17.7. The average molecular weight is 317 g/mol. The van der Waals surface area contributed by atoms with E-state index in [4.69, 9.17) is 12.7 Å². The van der Waals surface area contributed by atoms with Crippen molar-refractivity contribution >= 4 is 25.4 Å². The molecule has 0 amide bonds. The van der Waals surface area contributed by atoms with Gasteiger partial charge < -0.3 is 12.7 Å². The normalized spacial score (nSPS) is 17.4. The molecule has 0 spiro atoms. The Bertz CT molecular complexity index is 350. The van der Waals surface area contributed by atoms with Crippen molar-refractivity contribution in [2.45, 2.75) is 51.7 Å². The summed E-state index contributed by atoms with van der Waals surface area (Å²) in [4.78, 5) is 0. The summed E-state index contributed by atoms with van der Waals surface area (Å²) < 4.78 is 18.5. The predicted octanol–water partition coefficient (Wildman–Crippen LogP) is 4.16. The summed E-state index contributed by atoms with van der Waals surface area (Å²) in [7, 11) is -6.00. The second kappa shape index (κ2) is 6.19. The summed E-state index contributed by atoms with van der Waals surface area (Å²) in [6.45, 7) is 15.7. The zero-order valence-electron chi connectivity index (χ0n) is 13.3. The molecule has 110 valence electrons. The molecule has 0 aliphatic heterocycles. The Kier molecular flexibility index (Phi) is 5.56. The van der Waals surface area contributed by atoms with E-state index in [-0.39, 0.29) is 0 Å². The lowest BCUT2D eigenvalue weighted by Crippen LogP contribution is -2.54. The third kappa shape index (κ3) is 5.49. The molecular formula is C13H28O3Si3. The van der Waals surface area contributed by atoms with E-state index in [1.807, 2.05) is 6.92 Å². The van der Waals surface area contributed by atoms with Gasteiger partial charge in [-0.15, -0.1) is 0 Å². The Labute approximate surface area is 121 Å². The summed E-state index contributed by atoms with van der Waals surface area (Å²) >= 11 is 0. The first-order valence-electron chi connectivity index (χ1n) is 6.97. The summed E-state index contributed by atoms with van der Waals surface area (Å²) in [6, 6.07) is 0. The lowest BCUT2D eigenvalue weighted by molar-refractivity contribution is 0.242. The number of allylic oxidation sites excluding steroid dienone is 4. The van der Waals surface area contributed by atoms with Crippen LogP contribution in [0, 0.1) is 0 Å². The zero-order chi connectivity index (χ0) is 14.7. The van der Waals surface area contributed by atoms with Crippen LogP contribution in [0.15, 0.2) is 24.3 Å². The highest BCUT2D eigenvalue weighted by atomic mass is 28.5. The molecule has 0 saturated carbocycles. The summed E-state index contributed by atoms with van der Waals surface area (Å²) in [6.07, 6.45) is 8.69. The maximum Gasteiger partial charge on any atom is 0.322 e. The van der Waals surface area contributed by atoms with Gasteiger partial charge in [0.15, 0.2) is 8.32 Å². The molecular weight excluding hydrogens is 288 g/mol. The molecule has 0 unspecified atom stereocenters. The van der Waals surface area contributed by atoms with E-state index in [1.54, 1.807) is 0 Å². The van der Waals surface area contributed by atoms with Crippen molar-refractivity contribution in [3.63, 3.8) is 0 Å². The molecule has 6 heteroatoms. The Morgan fingerprint density at radius 3 is 1.84 bits per heavy atom. The molecule has 0 aromatic rings. The molecule has 0 saturated heterocycles. The van der Waals surface area contributed by atoms with Crippen LogP contribution in [0.3, 0.4) is 0 Å². The van der Waals surface area contributed by atoms with Crippen molar-refractivity contribution in [3.05, 3.63) is 24.3 Å². The van der Waals surface area contributed by atoms with Gasteiger partial charge in [-0.2, -0.15) is 0 Å². The van der Waals surface area contributed by atoms with Crippen LogP contribution in [-0.2, 0) is 12.7 Å². The first kappa shape index (κ1) is 17.1. The summed E-state index contributed by atoms with van der Waals surface area (Å²) in [5.74, 6) is 0. The van der Waals surface area contributed by atoms with E-state index in [2.05, 4.69) is 63.6 Å². The molecule has 0 aromatic heterocycles. The maximum absolute atomic E-state index is 6.50. The van der Waals surface area contributed by atoms with E-state index in [0.29, 0.717) is 12.1 Å². The number of rotatable bonds is 7. The molecule has 19 heavy (non-hydrogen) atoms. The van der Waals surface area contributed by atoms with Gasteiger partial charge in [0.2, 0.25) is 0 Å². The Balaban J connectivity index is 2.67. The minimum absolute atomic E-state index is 0.458. The fourth-order valence-electron chi connectivity index (χ4n) is 2.59. The zero-order valence-corrected chi connectivity index (χ0v) is 16.3. The molecule has 0 bridgehead atoms. The summed E-state index contributed by atoms with van der Waals surface area (Å²) in [5, 5.41) is 0. The van der Waals surface area contributed by atoms with Gasteiger partial charge in [0.1, 0.15) is 0 Å². The van der Waals surface area contributed by atoms with Crippen LogP contribution in [0.2, 0.25) is 44.8 Å². The number of hydrogen-bond donors (Lipinski definition) is 0. The van der Waals surface area contributed by atoms with Crippen molar-refractivity contribution in [2.24, 2.45) is 0 Å². The smallest absolute Gasteiger partial charge is 0.322 e. The highest BCUT2D eigenvalue weighted by Gasteiger charge is 2.43. The first-order chi connectivity index (χ1) is 8.58. The molecule has 0 atom stereocenters. The molecule has 0 heterocycles. The molecule has 0 N–H and O–H groups in total. The van der Waals surface area contributed by atoms with Crippen LogP contribution in [0.5, 0.6) is 0 Å². The second-order valence-electron chi connectivity index (χ2n) is 6.34. The van der Waals surface area contributed by atoms with Crippen molar-refractivity contribution in [1.29, 1.82) is 0 Å². The van der Waals surface area contributed by atoms with Gasteiger partial charge in [-0.3, -0.25) is 0 Å². The minimum atomic E-state index is -2.15. The Morgan fingerprint density at radius 2 is 1.37 bits per heavy atom. The van der Waals surface area contributed by atoms with E-state index in [1.165, 1.54) is 0 Å². The van der Waals surface area contributed by atoms with Gasteiger partial charge in [0, 0.05) is 12.1 Å². The molecule has 0 radical (unpaired) electrons. The fraction of sp³-hybridized carbons (Fsp3) is 0.692. The summed E-state index contributed by atoms with van der Waals surface area (Å²) in [5.41, 5.74) is 0.458. The topological polar surface area (TPSA) is 27.7 Å². The van der Waals surface area contributed by atoms with Gasteiger partial charge in [0.05, 0.1) is 0 Å². The monoisotopic (exact) mass is 316 g/mol. The van der Waals surface area contributed by atoms with Gasteiger partial charge >= 0.3 is 17.1 Å². The minimum Gasteiger partial charge on any atom is -0.436 e. The van der Waals surface area contributed by atoms with Gasteiger partial charge in [-0.05, 0) is 46.2 Å². The first-order valence-corrected chi connectivity index (χ1v) is 15.6. The predicted molar refractivity (Wildman–Crippen MR) is 88.3 cm³/mol. The molecule has 0 aromatic carbocycles. The van der Waals surface area contributed by atoms with Crippen molar-refractivity contribution in [3.8, 4) is 0 Å². The van der Waals surface area contributed by atoms with Crippen molar-refractivity contribution < 1.29 is 12.7 Å². The third-order valence-electron chi connectivity index (χ3n) is 3.04. The standard InChI is InChI=1S/C13H28O3Si3/c1-8-14-18(4,5)16-19(6,7)15-17(2,3)13-11-9-10-12-13/h9-13H,8H2,1-7H3. The molecule has 0 fully saturated rings. The van der Waals surface area contributed by atoms with Crippen molar-refractivity contribution in [1.82, 2.24) is 0 Å². The highest BCUT2D eigenvalue weighted by Crippen LogP contribution is 2.32. The quantitative estimate of drug-likeness (QED) is 0.660. The Morgan fingerprint density at radius 1 is 0.842 bits per heavy atom. The number of hydrogen-bond acceptors (Lipinski definition) is 3. The molecule has 1 rings (SSSR count). The van der Waals surface area contributed by atoms with Crippen LogP contribution in [0.4, 0.5) is 0 Å². The largest absolute Gasteiger partial charge is 0.436 e. The van der Waals surface area contributed by atoms with E-state index < -0.39 is 25.4 Å². The van der Waals surface area contributed by atoms with Gasteiger partial charge in [0.25, 0.3) is 0 Å². The molecule has 1 aliphatic rings. The van der Waals surface area contributed by atoms with Gasteiger partial charge in [-0.1, -0.05) is 24.3 Å². The third-order valence-corrected chi connectivity index (χ3v) is 14.0. The fourth-order valence-corrected chi connectivity index (χ4v) is 15.6.